The van der Waals surface area contributed by atoms with Crippen molar-refractivity contribution in [2.75, 3.05) is 19.5 Å². The molecule has 0 unspecified atom stereocenters. The van der Waals surface area contributed by atoms with Gasteiger partial charge in [0, 0.05) is 16.9 Å². The Morgan fingerprint density at radius 1 is 1.26 bits per heavy atom. The number of hydrogen-bond donors (Lipinski definition) is 1. The van der Waals surface area contributed by atoms with Crippen LogP contribution in [0.5, 0.6) is 11.5 Å². The van der Waals surface area contributed by atoms with Crippen LogP contribution in [0.1, 0.15) is 18.0 Å². The summed E-state index contributed by atoms with van der Waals surface area (Å²) in [6, 6.07) is 15.6. The number of carbonyl (C=O) groups excluding carboxylic acids is 1. The zero-order chi connectivity index (χ0) is 16.1. The predicted octanol–water partition coefficient (Wildman–Crippen LogP) is 3.43. The maximum Gasteiger partial charge on any atom is 0.230 e. The number of nitrogens with one attached hydrogen (secondary N) is 1. The Morgan fingerprint density at radius 2 is 2.04 bits per heavy atom. The van der Waals surface area contributed by atoms with Crippen molar-refractivity contribution in [3.63, 3.8) is 0 Å². The highest BCUT2D eigenvalue weighted by atomic mass is 32.2. The SMILES string of the molecule is COc1ccc(SCC(=O)N[C@@H]2CCOc3ccccc32)cc1. The van der Waals surface area contributed by atoms with E-state index >= 15 is 0 Å². The molecule has 1 heterocycles. The fourth-order valence-electron chi connectivity index (χ4n) is 2.55. The van der Waals surface area contributed by atoms with E-state index in [-0.39, 0.29) is 11.9 Å². The summed E-state index contributed by atoms with van der Waals surface area (Å²) < 4.78 is 10.7. The summed E-state index contributed by atoms with van der Waals surface area (Å²) >= 11 is 1.52. The van der Waals surface area contributed by atoms with Crippen LogP contribution >= 0.6 is 11.8 Å². The maximum absolute atomic E-state index is 12.2. The monoisotopic (exact) mass is 329 g/mol. The van der Waals surface area contributed by atoms with Crippen molar-refractivity contribution < 1.29 is 14.3 Å². The van der Waals surface area contributed by atoms with E-state index in [0.717, 1.165) is 28.4 Å². The number of carbonyl (C=O) groups is 1. The summed E-state index contributed by atoms with van der Waals surface area (Å²) in [5.74, 6) is 2.11. The number of fused-ring (bicyclic) bond motifs is 1. The van der Waals surface area contributed by atoms with Crippen LogP contribution in [0.25, 0.3) is 0 Å². The average Bonchev–Trinajstić information content (AvgIpc) is 2.61. The number of benzene rings is 2. The zero-order valence-electron chi connectivity index (χ0n) is 13.0. The normalized spacial score (nSPS) is 16.1. The highest BCUT2D eigenvalue weighted by Crippen LogP contribution is 2.31. The third-order valence-corrected chi connectivity index (χ3v) is 4.74. The third-order valence-electron chi connectivity index (χ3n) is 3.72. The molecule has 0 aliphatic carbocycles. The number of amides is 1. The number of ether oxygens (including phenoxy) is 2. The van der Waals surface area contributed by atoms with Gasteiger partial charge in [-0.2, -0.15) is 0 Å². The van der Waals surface area contributed by atoms with Gasteiger partial charge in [0.15, 0.2) is 0 Å². The minimum absolute atomic E-state index is 0.0314. The van der Waals surface area contributed by atoms with Crippen molar-refractivity contribution in [3.05, 3.63) is 54.1 Å². The van der Waals surface area contributed by atoms with Crippen LogP contribution in [0.3, 0.4) is 0 Å². The topological polar surface area (TPSA) is 47.6 Å². The summed E-state index contributed by atoms with van der Waals surface area (Å²) in [6.07, 6.45) is 0.802. The summed E-state index contributed by atoms with van der Waals surface area (Å²) in [7, 11) is 1.64. The van der Waals surface area contributed by atoms with Crippen LogP contribution < -0.4 is 14.8 Å². The van der Waals surface area contributed by atoms with Crippen LogP contribution in [-0.2, 0) is 4.79 Å². The fourth-order valence-corrected chi connectivity index (χ4v) is 3.26. The Labute approximate surface area is 140 Å². The molecule has 1 aliphatic heterocycles. The van der Waals surface area contributed by atoms with E-state index < -0.39 is 0 Å². The molecule has 0 fully saturated rings. The molecular weight excluding hydrogens is 310 g/mol. The van der Waals surface area contributed by atoms with Gasteiger partial charge in [-0.3, -0.25) is 4.79 Å². The summed E-state index contributed by atoms with van der Waals surface area (Å²) in [5.41, 5.74) is 1.06. The Balaban J connectivity index is 1.55. The van der Waals surface area contributed by atoms with E-state index in [0.29, 0.717) is 12.4 Å². The highest BCUT2D eigenvalue weighted by Gasteiger charge is 2.22. The number of methoxy groups -OCH3 is 1. The molecule has 3 rings (SSSR count). The van der Waals surface area contributed by atoms with Gasteiger partial charge in [-0.05, 0) is 30.3 Å². The van der Waals surface area contributed by atoms with Gasteiger partial charge in [-0.15, -0.1) is 11.8 Å². The van der Waals surface area contributed by atoms with E-state index in [9.17, 15) is 4.79 Å². The Kier molecular flexibility index (Phi) is 5.08. The first kappa shape index (κ1) is 15.7. The number of rotatable bonds is 5. The zero-order valence-corrected chi connectivity index (χ0v) is 13.8. The first-order valence-corrected chi connectivity index (χ1v) is 8.53. The van der Waals surface area contributed by atoms with Gasteiger partial charge in [0.25, 0.3) is 0 Å². The molecule has 1 aliphatic rings. The van der Waals surface area contributed by atoms with Gasteiger partial charge >= 0.3 is 0 Å². The van der Waals surface area contributed by atoms with Gasteiger partial charge in [-0.1, -0.05) is 18.2 Å². The van der Waals surface area contributed by atoms with Gasteiger partial charge in [0.1, 0.15) is 11.5 Å². The summed E-state index contributed by atoms with van der Waals surface area (Å²) in [4.78, 5) is 13.3. The van der Waals surface area contributed by atoms with Crippen molar-refractivity contribution >= 4 is 17.7 Å². The molecule has 0 aromatic heterocycles. The van der Waals surface area contributed by atoms with Gasteiger partial charge in [0.2, 0.25) is 5.91 Å². The first-order valence-electron chi connectivity index (χ1n) is 7.54. The maximum atomic E-state index is 12.2. The minimum Gasteiger partial charge on any atom is -0.497 e. The largest absolute Gasteiger partial charge is 0.497 e. The molecule has 120 valence electrons. The molecule has 5 heteroatoms. The molecule has 0 saturated heterocycles. The van der Waals surface area contributed by atoms with Crippen LogP contribution in [-0.4, -0.2) is 25.4 Å². The second kappa shape index (κ2) is 7.42. The lowest BCUT2D eigenvalue weighted by molar-refractivity contribution is -0.119. The predicted molar refractivity (Wildman–Crippen MR) is 91.2 cm³/mol. The first-order chi connectivity index (χ1) is 11.3. The smallest absolute Gasteiger partial charge is 0.230 e. The third kappa shape index (κ3) is 3.99. The van der Waals surface area contributed by atoms with Crippen molar-refractivity contribution in [2.45, 2.75) is 17.4 Å². The van der Waals surface area contributed by atoms with Crippen LogP contribution in [0.2, 0.25) is 0 Å². The second-order valence-corrected chi connectivity index (χ2v) is 6.31. The molecule has 2 aromatic carbocycles. The lowest BCUT2D eigenvalue weighted by Crippen LogP contribution is -2.33. The van der Waals surface area contributed by atoms with Gasteiger partial charge in [0.05, 0.1) is 25.5 Å². The molecule has 0 saturated carbocycles. The van der Waals surface area contributed by atoms with E-state index in [1.165, 1.54) is 11.8 Å². The van der Waals surface area contributed by atoms with E-state index in [1.807, 2.05) is 48.5 Å². The summed E-state index contributed by atoms with van der Waals surface area (Å²) in [6.45, 7) is 0.633. The molecule has 0 bridgehead atoms. The fraction of sp³-hybridized carbons (Fsp3) is 0.278. The van der Waals surface area contributed by atoms with Crippen LogP contribution in [0.15, 0.2) is 53.4 Å². The minimum atomic E-state index is 0.0314. The van der Waals surface area contributed by atoms with E-state index in [1.54, 1.807) is 7.11 Å². The molecule has 4 nitrogen and oxygen atoms in total. The summed E-state index contributed by atoms with van der Waals surface area (Å²) in [5, 5.41) is 3.10. The number of hydrogen-bond acceptors (Lipinski definition) is 4. The molecular formula is C18H19NO3S. The van der Waals surface area contributed by atoms with Crippen molar-refractivity contribution in [2.24, 2.45) is 0 Å². The molecule has 1 amide bonds. The van der Waals surface area contributed by atoms with Gasteiger partial charge < -0.3 is 14.8 Å². The Bertz CT molecular complexity index is 672. The lowest BCUT2D eigenvalue weighted by Gasteiger charge is -2.26. The van der Waals surface area contributed by atoms with Gasteiger partial charge in [-0.25, -0.2) is 0 Å². The molecule has 0 spiro atoms. The molecule has 2 aromatic rings. The van der Waals surface area contributed by atoms with E-state index in [2.05, 4.69) is 5.32 Å². The molecule has 0 radical (unpaired) electrons. The standard InChI is InChI=1S/C18H19NO3S/c1-21-13-6-8-14(9-7-13)23-12-18(20)19-16-10-11-22-17-5-3-2-4-15(16)17/h2-9,16H,10-12H2,1H3,(H,19,20)/t16-/m1/s1. The van der Waals surface area contributed by atoms with Crippen LogP contribution in [0.4, 0.5) is 0 Å². The average molecular weight is 329 g/mol. The molecule has 1 N–H and O–H groups in total. The van der Waals surface area contributed by atoms with Crippen LogP contribution in [0, 0.1) is 0 Å². The van der Waals surface area contributed by atoms with Crippen molar-refractivity contribution in [3.8, 4) is 11.5 Å². The Morgan fingerprint density at radius 3 is 2.83 bits per heavy atom. The lowest BCUT2D eigenvalue weighted by atomic mass is 10.0. The number of para-hydroxylation sites is 1. The van der Waals surface area contributed by atoms with Crippen molar-refractivity contribution in [1.82, 2.24) is 5.32 Å². The van der Waals surface area contributed by atoms with Crippen molar-refractivity contribution in [1.29, 1.82) is 0 Å². The highest BCUT2D eigenvalue weighted by molar-refractivity contribution is 8.00. The van der Waals surface area contributed by atoms with E-state index in [4.69, 9.17) is 9.47 Å². The quantitative estimate of drug-likeness (QED) is 0.854. The Hall–Kier alpha value is -2.14. The molecule has 1 atom stereocenters. The number of thioether (sulfide) groups is 1. The molecule has 23 heavy (non-hydrogen) atoms. The second-order valence-electron chi connectivity index (χ2n) is 5.26.